The molecule has 1 aromatic heterocycles. The third kappa shape index (κ3) is 1.58. The molecule has 2 rings (SSSR count). The third-order valence-corrected chi connectivity index (χ3v) is 2.98. The lowest BCUT2D eigenvalue weighted by atomic mass is 10.0. The average Bonchev–Trinajstić information content (AvgIpc) is 2.49. The average molecular weight is 216 g/mol. The number of aryl methyl sites for hydroxylation is 3. The first-order chi connectivity index (χ1) is 7.50. The SMILES string of the molecule is Cc1ccc(C)c2c1c(CC(N)=O)cn2C. The zero-order valence-corrected chi connectivity index (χ0v) is 9.87. The Hall–Kier alpha value is -1.77. The van der Waals surface area contributed by atoms with Crippen LogP contribution in [0.25, 0.3) is 10.9 Å². The number of fused-ring (bicyclic) bond motifs is 1. The summed E-state index contributed by atoms with van der Waals surface area (Å²) in [4.78, 5) is 11.0. The van der Waals surface area contributed by atoms with Gasteiger partial charge < -0.3 is 10.3 Å². The summed E-state index contributed by atoms with van der Waals surface area (Å²) < 4.78 is 2.07. The lowest BCUT2D eigenvalue weighted by Crippen LogP contribution is -2.13. The van der Waals surface area contributed by atoms with Crippen molar-refractivity contribution in [3.63, 3.8) is 0 Å². The van der Waals surface area contributed by atoms with E-state index in [9.17, 15) is 4.79 Å². The van der Waals surface area contributed by atoms with Gasteiger partial charge in [-0.3, -0.25) is 4.79 Å². The highest BCUT2D eigenvalue weighted by molar-refractivity contribution is 5.92. The predicted octanol–water partition coefficient (Wildman–Crippen LogP) is 1.82. The van der Waals surface area contributed by atoms with Crippen molar-refractivity contribution in [2.75, 3.05) is 0 Å². The fraction of sp³-hybridized carbons (Fsp3) is 0.308. The number of carbonyl (C=O) groups excluding carboxylic acids is 1. The molecule has 1 amide bonds. The lowest BCUT2D eigenvalue weighted by molar-refractivity contribution is -0.117. The Morgan fingerprint density at radius 3 is 2.56 bits per heavy atom. The molecule has 0 bridgehead atoms. The fourth-order valence-corrected chi connectivity index (χ4v) is 2.34. The van der Waals surface area contributed by atoms with Gasteiger partial charge in [-0.1, -0.05) is 12.1 Å². The second kappa shape index (κ2) is 3.67. The highest BCUT2D eigenvalue weighted by Gasteiger charge is 2.12. The number of hydrogen-bond acceptors (Lipinski definition) is 1. The van der Waals surface area contributed by atoms with E-state index in [0.29, 0.717) is 6.42 Å². The minimum Gasteiger partial charge on any atom is -0.369 e. The van der Waals surface area contributed by atoms with Gasteiger partial charge in [-0.2, -0.15) is 0 Å². The van der Waals surface area contributed by atoms with Crippen LogP contribution in [0, 0.1) is 13.8 Å². The summed E-state index contributed by atoms with van der Waals surface area (Å²) in [6, 6.07) is 4.19. The number of nitrogens with zero attached hydrogens (tertiary/aromatic N) is 1. The van der Waals surface area contributed by atoms with Crippen molar-refractivity contribution >= 4 is 16.8 Å². The molecular formula is C13H16N2O. The van der Waals surface area contributed by atoms with Gasteiger partial charge in [-0.25, -0.2) is 0 Å². The van der Waals surface area contributed by atoms with E-state index in [1.165, 1.54) is 22.0 Å². The quantitative estimate of drug-likeness (QED) is 0.817. The van der Waals surface area contributed by atoms with E-state index in [1.54, 1.807) is 0 Å². The van der Waals surface area contributed by atoms with E-state index in [1.807, 2.05) is 13.2 Å². The smallest absolute Gasteiger partial charge is 0.221 e. The first kappa shape index (κ1) is 10.7. The van der Waals surface area contributed by atoms with E-state index < -0.39 is 0 Å². The van der Waals surface area contributed by atoms with Crippen LogP contribution >= 0.6 is 0 Å². The number of aromatic nitrogens is 1. The maximum Gasteiger partial charge on any atom is 0.221 e. The zero-order valence-electron chi connectivity index (χ0n) is 9.87. The van der Waals surface area contributed by atoms with Crippen LogP contribution in [-0.2, 0) is 18.3 Å². The van der Waals surface area contributed by atoms with Crippen molar-refractivity contribution in [1.82, 2.24) is 4.57 Å². The molecule has 2 N–H and O–H groups in total. The molecular weight excluding hydrogens is 200 g/mol. The van der Waals surface area contributed by atoms with E-state index >= 15 is 0 Å². The second-order valence-corrected chi connectivity index (χ2v) is 4.33. The standard InChI is InChI=1S/C13H16N2O/c1-8-4-5-9(2)13-12(8)10(6-11(14)16)7-15(13)3/h4-5,7H,6H2,1-3H3,(H2,14,16). The molecule has 1 aromatic carbocycles. The summed E-state index contributed by atoms with van der Waals surface area (Å²) in [5.41, 5.74) is 9.89. The molecule has 0 aliphatic carbocycles. The number of hydrogen-bond donors (Lipinski definition) is 1. The van der Waals surface area contributed by atoms with Gasteiger partial charge in [-0.15, -0.1) is 0 Å². The summed E-state index contributed by atoms with van der Waals surface area (Å²) in [5.74, 6) is -0.284. The lowest BCUT2D eigenvalue weighted by Gasteiger charge is -2.04. The number of primary amides is 1. The maximum absolute atomic E-state index is 11.0. The Morgan fingerprint density at radius 2 is 1.94 bits per heavy atom. The summed E-state index contributed by atoms with van der Waals surface area (Å²) in [6.07, 6.45) is 2.30. The Labute approximate surface area is 94.9 Å². The molecule has 0 aliphatic rings. The molecule has 0 unspecified atom stereocenters. The summed E-state index contributed by atoms with van der Waals surface area (Å²) >= 11 is 0. The van der Waals surface area contributed by atoms with E-state index in [2.05, 4.69) is 30.5 Å². The predicted molar refractivity (Wildman–Crippen MR) is 65.3 cm³/mol. The van der Waals surface area contributed by atoms with Crippen LogP contribution in [0.1, 0.15) is 16.7 Å². The zero-order chi connectivity index (χ0) is 11.9. The first-order valence-corrected chi connectivity index (χ1v) is 5.33. The van der Waals surface area contributed by atoms with Crippen LogP contribution in [0.5, 0.6) is 0 Å². The Morgan fingerprint density at radius 1 is 1.31 bits per heavy atom. The van der Waals surface area contributed by atoms with Gasteiger partial charge >= 0.3 is 0 Å². The first-order valence-electron chi connectivity index (χ1n) is 5.33. The van der Waals surface area contributed by atoms with E-state index in [4.69, 9.17) is 5.73 Å². The number of nitrogens with two attached hydrogens (primary N) is 1. The maximum atomic E-state index is 11.0. The minimum atomic E-state index is -0.284. The van der Waals surface area contributed by atoms with E-state index in [-0.39, 0.29) is 5.91 Å². The summed E-state index contributed by atoms with van der Waals surface area (Å²) in [6.45, 7) is 4.14. The molecule has 0 atom stereocenters. The normalized spacial score (nSPS) is 10.9. The van der Waals surface area contributed by atoms with Crippen LogP contribution in [0.3, 0.4) is 0 Å². The monoisotopic (exact) mass is 216 g/mol. The van der Waals surface area contributed by atoms with Crippen molar-refractivity contribution in [2.24, 2.45) is 12.8 Å². The molecule has 0 radical (unpaired) electrons. The highest BCUT2D eigenvalue weighted by atomic mass is 16.1. The third-order valence-electron chi connectivity index (χ3n) is 2.98. The summed E-state index contributed by atoms with van der Waals surface area (Å²) in [7, 11) is 2.00. The Bertz CT molecular complexity index is 567. The van der Waals surface area contributed by atoms with Crippen LogP contribution in [0.4, 0.5) is 0 Å². The molecule has 3 heteroatoms. The molecule has 0 saturated heterocycles. The van der Waals surface area contributed by atoms with Gasteiger partial charge in [0.25, 0.3) is 0 Å². The van der Waals surface area contributed by atoms with Gasteiger partial charge in [0, 0.05) is 18.6 Å². The van der Waals surface area contributed by atoms with E-state index in [0.717, 1.165) is 5.56 Å². The molecule has 2 aromatic rings. The van der Waals surface area contributed by atoms with Gasteiger partial charge in [0.05, 0.1) is 11.9 Å². The van der Waals surface area contributed by atoms with Gasteiger partial charge in [-0.05, 0) is 30.5 Å². The number of amides is 1. The van der Waals surface area contributed by atoms with Crippen LogP contribution < -0.4 is 5.73 Å². The molecule has 1 heterocycles. The molecule has 0 fully saturated rings. The topological polar surface area (TPSA) is 48.0 Å². The largest absolute Gasteiger partial charge is 0.369 e. The molecule has 0 aliphatic heterocycles. The van der Waals surface area contributed by atoms with Crippen LogP contribution in [0.15, 0.2) is 18.3 Å². The van der Waals surface area contributed by atoms with Crippen molar-refractivity contribution < 1.29 is 4.79 Å². The number of benzene rings is 1. The molecule has 0 spiro atoms. The van der Waals surface area contributed by atoms with Gasteiger partial charge in [0.15, 0.2) is 0 Å². The Kier molecular flexibility index (Phi) is 2.46. The number of rotatable bonds is 2. The molecule has 3 nitrogen and oxygen atoms in total. The minimum absolute atomic E-state index is 0.284. The van der Waals surface area contributed by atoms with Crippen molar-refractivity contribution in [3.05, 3.63) is 35.0 Å². The second-order valence-electron chi connectivity index (χ2n) is 4.33. The molecule has 0 saturated carbocycles. The molecule has 16 heavy (non-hydrogen) atoms. The van der Waals surface area contributed by atoms with Crippen LogP contribution in [-0.4, -0.2) is 10.5 Å². The van der Waals surface area contributed by atoms with Crippen molar-refractivity contribution in [1.29, 1.82) is 0 Å². The highest BCUT2D eigenvalue weighted by Crippen LogP contribution is 2.27. The van der Waals surface area contributed by atoms with Crippen LogP contribution in [0.2, 0.25) is 0 Å². The van der Waals surface area contributed by atoms with Gasteiger partial charge in [0.1, 0.15) is 0 Å². The molecule has 84 valence electrons. The van der Waals surface area contributed by atoms with Crippen molar-refractivity contribution in [3.8, 4) is 0 Å². The van der Waals surface area contributed by atoms with Crippen molar-refractivity contribution in [2.45, 2.75) is 20.3 Å². The van der Waals surface area contributed by atoms with Gasteiger partial charge in [0.2, 0.25) is 5.91 Å². The fourth-order valence-electron chi connectivity index (χ4n) is 2.34. The number of carbonyl (C=O) groups is 1. The Balaban J connectivity index is 2.77. The summed E-state index contributed by atoms with van der Waals surface area (Å²) in [5, 5.41) is 1.17.